The van der Waals surface area contributed by atoms with Crippen LogP contribution in [-0.2, 0) is 4.79 Å². The molecule has 1 aromatic carbocycles. The monoisotopic (exact) mass is 307 g/mol. The van der Waals surface area contributed by atoms with Crippen molar-refractivity contribution in [2.24, 2.45) is 0 Å². The summed E-state index contributed by atoms with van der Waals surface area (Å²) < 4.78 is 0. The van der Waals surface area contributed by atoms with E-state index in [-0.39, 0.29) is 5.75 Å². The van der Waals surface area contributed by atoms with E-state index in [4.69, 9.17) is 5.11 Å². The number of carboxylic acid groups (broad SMARTS) is 1. The fourth-order valence-electron chi connectivity index (χ4n) is 1.62. The van der Waals surface area contributed by atoms with Crippen LogP contribution in [0, 0.1) is 6.92 Å². The highest BCUT2D eigenvalue weighted by atomic mass is 32.1. The first-order chi connectivity index (χ1) is 9.95. The second kappa shape index (κ2) is 6.23. The van der Waals surface area contributed by atoms with Crippen molar-refractivity contribution in [3.63, 3.8) is 0 Å². The average Bonchev–Trinajstić information content (AvgIpc) is 2.82. The number of hydrogen-bond donors (Lipinski definition) is 3. The minimum absolute atomic E-state index is 0.0324. The molecule has 0 radical (unpaired) electrons. The second-order valence-corrected chi connectivity index (χ2v) is 5.44. The van der Waals surface area contributed by atoms with Gasteiger partial charge in [0.2, 0.25) is 0 Å². The molecular formula is C13H13N3O4S. The molecule has 7 nitrogen and oxygen atoms in total. The Morgan fingerprint density at radius 2 is 2.00 bits per heavy atom. The van der Waals surface area contributed by atoms with Gasteiger partial charge in [-0.1, -0.05) is 0 Å². The number of amides is 2. The van der Waals surface area contributed by atoms with Crippen LogP contribution in [-0.4, -0.2) is 33.7 Å². The van der Waals surface area contributed by atoms with E-state index in [0.29, 0.717) is 10.8 Å². The Balaban J connectivity index is 2.20. The van der Waals surface area contributed by atoms with E-state index < -0.39 is 18.5 Å². The van der Waals surface area contributed by atoms with E-state index in [1.165, 1.54) is 35.6 Å². The van der Waals surface area contributed by atoms with E-state index >= 15 is 0 Å². The van der Waals surface area contributed by atoms with E-state index in [1.54, 1.807) is 6.20 Å². The van der Waals surface area contributed by atoms with Gasteiger partial charge < -0.3 is 10.2 Å². The van der Waals surface area contributed by atoms with E-state index in [1.807, 2.05) is 6.92 Å². The number of carbonyl (C=O) groups excluding carboxylic acids is 1. The lowest BCUT2D eigenvalue weighted by molar-refractivity contribution is -0.135. The number of aromatic hydroxyl groups is 1. The van der Waals surface area contributed by atoms with Crippen molar-refractivity contribution in [1.29, 1.82) is 0 Å². The molecule has 0 unspecified atom stereocenters. The predicted octanol–water partition coefficient (Wildman–Crippen LogP) is 2.28. The van der Waals surface area contributed by atoms with Crippen LogP contribution in [0.1, 0.15) is 4.88 Å². The van der Waals surface area contributed by atoms with Crippen molar-refractivity contribution in [1.82, 2.24) is 4.98 Å². The maximum absolute atomic E-state index is 12.2. The van der Waals surface area contributed by atoms with E-state index in [9.17, 15) is 14.7 Å². The summed E-state index contributed by atoms with van der Waals surface area (Å²) in [6, 6.07) is 5.09. The summed E-state index contributed by atoms with van der Waals surface area (Å²) >= 11 is 1.29. The van der Waals surface area contributed by atoms with Gasteiger partial charge in [0.15, 0.2) is 5.13 Å². The van der Waals surface area contributed by atoms with Crippen molar-refractivity contribution in [2.45, 2.75) is 6.92 Å². The van der Waals surface area contributed by atoms with Crippen LogP contribution < -0.4 is 10.2 Å². The van der Waals surface area contributed by atoms with Crippen LogP contribution in [0.4, 0.5) is 15.6 Å². The zero-order chi connectivity index (χ0) is 15.4. The number of phenols is 1. The standard InChI is InChI=1S/C13H13N3O4S/c1-8-6-14-12(21-8)15-13(20)16(7-11(18)19)9-2-4-10(17)5-3-9/h2-6,17H,7H2,1H3,(H,18,19)(H,14,15,20). The summed E-state index contributed by atoms with van der Waals surface area (Å²) in [4.78, 5) is 29.1. The van der Waals surface area contributed by atoms with Gasteiger partial charge in [-0.05, 0) is 31.2 Å². The van der Waals surface area contributed by atoms with Gasteiger partial charge in [-0.3, -0.25) is 15.0 Å². The number of carbonyl (C=O) groups is 2. The van der Waals surface area contributed by atoms with Crippen molar-refractivity contribution < 1.29 is 19.8 Å². The van der Waals surface area contributed by atoms with Crippen LogP contribution in [0.3, 0.4) is 0 Å². The normalized spacial score (nSPS) is 10.1. The number of benzene rings is 1. The first kappa shape index (κ1) is 14.8. The zero-order valence-electron chi connectivity index (χ0n) is 11.1. The van der Waals surface area contributed by atoms with Crippen LogP contribution in [0.15, 0.2) is 30.5 Å². The third-order valence-electron chi connectivity index (χ3n) is 2.54. The van der Waals surface area contributed by atoms with Crippen molar-refractivity contribution in [2.75, 3.05) is 16.8 Å². The molecule has 2 amide bonds. The fourth-order valence-corrected chi connectivity index (χ4v) is 2.27. The fraction of sp³-hybridized carbons (Fsp3) is 0.154. The van der Waals surface area contributed by atoms with Gasteiger partial charge >= 0.3 is 12.0 Å². The van der Waals surface area contributed by atoms with E-state index in [0.717, 1.165) is 9.78 Å². The molecule has 0 aliphatic rings. The summed E-state index contributed by atoms with van der Waals surface area (Å²) in [6.45, 7) is 1.35. The largest absolute Gasteiger partial charge is 0.508 e. The predicted molar refractivity (Wildman–Crippen MR) is 79.0 cm³/mol. The minimum atomic E-state index is -1.14. The molecule has 21 heavy (non-hydrogen) atoms. The van der Waals surface area contributed by atoms with E-state index in [2.05, 4.69) is 10.3 Å². The molecule has 0 aliphatic carbocycles. The highest BCUT2D eigenvalue weighted by molar-refractivity contribution is 7.15. The molecule has 0 atom stereocenters. The molecule has 2 rings (SSSR count). The summed E-state index contributed by atoms with van der Waals surface area (Å²) in [5.74, 6) is -1.11. The van der Waals surface area contributed by atoms with Gasteiger partial charge in [0.05, 0.1) is 0 Å². The molecule has 0 saturated carbocycles. The first-order valence-corrected chi connectivity index (χ1v) is 6.79. The number of phenolic OH excluding ortho intramolecular Hbond substituents is 1. The molecule has 0 fully saturated rings. The highest BCUT2D eigenvalue weighted by Crippen LogP contribution is 2.21. The van der Waals surface area contributed by atoms with Crippen molar-refractivity contribution >= 4 is 34.2 Å². The quantitative estimate of drug-likeness (QED) is 0.804. The number of nitrogens with one attached hydrogen (secondary N) is 1. The number of carboxylic acids is 1. The summed E-state index contributed by atoms with van der Waals surface area (Å²) in [6.07, 6.45) is 1.61. The Bertz CT molecular complexity index is 654. The van der Waals surface area contributed by atoms with Gasteiger partial charge in [-0.2, -0.15) is 0 Å². The Morgan fingerprint density at radius 3 is 2.52 bits per heavy atom. The molecule has 8 heteroatoms. The lowest BCUT2D eigenvalue weighted by Gasteiger charge is -2.20. The molecule has 2 aromatic rings. The van der Waals surface area contributed by atoms with Crippen LogP contribution in [0.2, 0.25) is 0 Å². The maximum Gasteiger partial charge on any atom is 0.328 e. The molecule has 0 bridgehead atoms. The molecule has 0 aliphatic heterocycles. The Morgan fingerprint density at radius 1 is 1.33 bits per heavy atom. The number of aliphatic carboxylic acids is 1. The minimum Gasteiger partial charge on any atom is -0.508 e. The van der Waals surface area contributed by atoms with Gasteiger partial charge in [0.1, 0.15) is 12.3 Å². The number of anilines is 2. The van der Waals surface area contributed by atoms with Gasteiger partial charge in [0.25, 0.3) is 0 Å². The molecule has 0 spiro atoms. The highest BCUT2D eigenvalue weighted by Gasteiger charge is 2.19. The zero-order valence-corrected chi connectivity index (χ0v) is 11.9. The Hall–Kier alpha value is -2.61. The van der Waals surface area contributed by atoms with Gasteiger partial charge in [0, 0.05) is 16.8 Å². The van der Waals surface area contributed by atoms with Crippen LogP contribution in [0.25, 0.3) is 0 Å². The number of aryl methyl sites for hydroxylation is 1. The lowest BCUT2D eigenvalue weighted by atomic mass is 10.3. The molecular weight excluding hydrogens is 294 g/mol. The van der Waals surface area contributed by atoms with Crippen LogP contribution >= 0.6 is 11.3 Å². The molecule has 0 saturated heterocycles. The summed E-state index contributed by atoms with van der Waals surface area (Å²) in [5.41, 5.74) is 0.362. The molecule has 3 N–H and O–H groups in total. The first-order valence-electron chi connectivity index (χ1n) is 5.97. The Kier molecular flexibility index (Phi) is 4.39. The number of nitrogens with zero attached hydrogens (tertiary/aromatic N) is 2. The molecule has 110 valence electrons. The Labute approximate surface area is 124 Å². The third-order valence-corrected chi connectivity index (χ3v) is 3.36. The maximum atomic E-state index is 12.2. The SMILES string of the molecule is Cc1cnc(NC(=O)N(CC(=O)O)c2ccc(O)cc2)s1. The number of urea groups is 1. The smallest absolute Gasteiger partial charge is 0.328 e. The molecule has 1 aromatic heterocycles. The lowest BCUT2D eigenvalue weighted by Crippen LogP contribution is -2.38. The van der Waals surface area contributed by atoms with Crippen molar-refractivity contribution in [3.05, 3.63) is 35.3 Å². The molecule has 1 heterocycles. The average molecular weight is 307 g/mol. The second-order valence-electron chi connectivity index (χ2n) is 4.20. The third kappa shape index (κ3) is 3.93. The number of thiazole rings is 1. The number of aromatic nitrogens is 1. The number of hydrogen-bond acceptors (Lipinski definition) is 5. The topological polar surface area (TPSA) is 103 Å². The summed E-state index contributed by atoms with van der Waals surface area (Å²) in [7, 11) is 0. The summed E-state index contributed by atoms with van der Waals surface area (Å²) in [5, 5.41) is 21.1. The van der Waals surface area contributed by atoms with Gasteiger partial charge in [-0.15, -0.1) is 11.3 Å². The van der Waals surface area contributed by atoms with Crippen LogP contribution in [0.5, 0.6) is 5.75 Å². The number of rotatable bonds is 4. The van der Waals surface area contributed by atoms with Gasteiger partial charge in [-0.25, -0.2) is 9.78 Å². The van der Waals surface area contributed by atoms with Crippen molar-refractivity contribution in [3.8, 4) is 5.75 Å².